The molecule has 33 heavy (non-hydrogen) atoms. The Morgan fingerprint density at radius 1 is 1.00 bits per heavy atom. The average molecular weight is 452 g/mol. The fourth-order valence-corrected chi connectivity index (χ4v) is 6.91. The molecule has 3 atom stereocenters. The number of piperidine rings is 1. The van der Waals surface area contributed by atoms with Gasteiger partial charge in [0.05, 0.1) is 17.6 Å². The maximum Gasteiger partial charge on any atom is 0.362 e. The molecule has 3 fully saturated rings. The first-order chi connectivity index (χ1) is 16.0. The molecule has 6 nitrogen and oxygen atoms in total. The number of rotatable bonds is 5. The maximum absolute atomic E-state index is 13.5. The summed E-state index contributed by atoms with van der Waals surface area (Å²) in [4.78, 5) is 33.2. The highest BCUT2D eigenvalue weighted by molar-refractivity contribution is 5.89. The number of hydrogen-bond donors (Lipinski definition) is 0. The van der Waals surface area contributed by atoms with Gasteiger partial charge in [0.25, 0.3) is 5.56 Å². The molecule has 0 amide bonds. The van der Waals surface area contributed by atoms with Crippen molar-refractivity contribution in [3.05, 3.63) is 40.3 Å². The van der Waals surface area contributed by atoms with Crippen LogP contribution in [0.4, 0.5) is 0 Å². The summed E-state index contributed by atoms with van der Waals surface area (Å²) in [5, 5.41) is 0. The number of aromatic nitrogens is 2. The monoisotopic (exact) mass is 451 g/mol. The van der Waals surface area contributed by atoms with Crippen LogP contribution < -0.4 is 5.56 Å². The maximum atomic E-state index is 13.5. The molecule has 6 heteroatoms. The van der Waals surface area contributed by atoms with Gasteiger partial charge in [-0.25, -0.2) is 9.78 Å². The third kappa shape index (κ3) is 4.11. The minimum Gasteiger partial charge on any atom is -0.461 e. The molecule has 2 bridgehead atoms. The Kier molecular flexibility index (Phi) is 6.30. The number of benzene rings is 1. The number of ether oxygens (including phenoxy) is 1. The second-order valence-electron chi connectivity index (χ2n) is 10.6. The predicted octanol–water partition coefficient (Wildman–Crippen LogP) is 4.96. The Morgan fingerprint density at radius 3 is 2.27 bits per heavy atom. The van der Waals surface area contributed by atoms with Crippen LogP contribution in [-0.4, -0.2) is 45.2 Å². The first kappa shape index (κ1) is 22.6. The van der Waals surface area contributed by atoms with E-state index < -0.39 is 5.97 Å². The van der Waals surface area contributed by atoms with Crippen LogP contribution in [0, 0.1) is 11.8 Å². The van der Waals surface area contributed by atoms with E-state index in [9.17, 15) is 9.59 Å². The van der Waals surface area contributed by atoms with Crippen LogP contribution >= 0.6 is 0 Å². The van der Waals surface area contributed by atoms with Crippen molar-refractivity contribution in [2.75, 3.05) is 6.61 Å². The highest BCUT2D eigenvalue weighted by atomic mass is 16.5. The van der Waals surface area contributed by atoms with Crippen LogP contribution in [0.25, 0.3) is 11.0 Å². The van der Waals surface area contributed by atoms with Crippen LogP contribution in [-0.2, 0) is 4.74 Å². The summed E-state index contributed by atoms with van der Waals surface area (Å²) in [6.07, 6.45) is 9.69. The van der Waals surface area contributed by atoms with Crippen molar-refractivity contribution in [3.63, 3.8) is 0 Å². The fraction of sp³-hybridized carbons (Fsp3) is 0.667. The van der Waals surface area contributed by atoms with Crippen molar-refractivity contribution < 1.29 is 9.53 Å². The van der Waals surface area contributed by atoms with E-state index in [1.165, 1.54) is 38.5 Å². The zero-order valence-electron chi connectivity index (χ0n) is 20.2. The summed E-state index contributed by atoms with van der Waals surface area (Å²) >= 11 is 0. The number of nitrogens with zero attached hydrogens (tertiary/aromatic N) is 3. The summed E-state index contributed by atoms with van der Waals surface area (Å²) in [7, 11) is 0. The molecule has 1 aliphatic carbocycles. The molecule has 0 spiro atoms. The standard InChI is InChI=1S/C27H37N3O3/c1-4-33-27(32)25-26(31)30(24-8-6-5-7-23(24)28-25)22-15-20-13-14-21(16-22)29(20)19-11-9-18(10-12-19)17(2)3/h5-8,17-22H,4,9-16H2,1-3H3/t18-,19+,20-,21+,22+. The van der Waals surface area contributed by atoms with E-state index in [4.69, 9.17) is 4.74 Å². The van der Waals surface area contributed by atoms with Crippen LogP contribution in [0.1, 0.15) is 88.7 Å². The smallest absolute Gasteiger partial charge is 0.362 e. The normalized spacial score (nSPS) is 30.1. The van der Waals surface area contributed by atoms with Gasteiger partial charge in [0.15, 0.2) is 0 Å². The van der Waals surface area contributed by atoms with Crippen molar-refractivity contribution in [1.29, 1.82) is 0 Å². The zero-order valence-corrected chi connectivity index (χ0v) is 20.2. The Balaban J connectivity index is 1.43. The molecular weight excluding hydrogens is 414 g/mol. The average Bonchev–Trinajstić information content (AvgIpc) is 3.08. The second kappa shape index (κ2) is 9.21. The van der Waals surface area contributed by atoms with Crippen molar-refractivity contribution in [1.82, 2.24) is 14.5 Å². The van der Waals surface area contributed by atoms with Gasteiger partial charge >= 0.3 is 5.97 Å². The molecule has 3 heterocycles. The number of para-hydroxylation sites is 2. The van der Waals surface area contributed by atoms with Gasteiger partial charge in [-0.1, -0.05) is 26.0 Å². The quantitative estimate of drug-likeness (QED) is 0.602. The molecule has 5 rings (SSSR count). The minimum absolute atomic E-state index is 0.0858. The molecule has 3 aliphatic rings. The van der Waals surface area contributed by atoms with Crippen molar-refractivity contribution in [3.8, 4) is 0 Å². The number of hydrogen-bond acceptors (Lipinski definition) is 5. The van der Waals surface area contributed by atoms with Crippen molar-refractivity contribution >= 4 is 17.0 Å². The van der Waals surface area contributed by atoms with E-state index >= 15 is 0 Å². The lowest BCUT2D eigenvalue weighted by atomic mass is 9.78. The molecule has 2 aliphatic heterocycles. The van der Waals surface area contributed by atoms with E-state index in [1.807, 2.05) is 28.8 Å². The molecular formula is C27H37N3O3. The lowest BCUT2D eigenvalue weighted by Gasteiger charge is -2.46. The van der Waals surface area contributed by atoms with Gasteiger partial charge in [-0.3, -0.25) is 9.69 Å². The van der Waals surface area contributed by atoms with Crippen LogP contribution in [0.5, 0.6) is 0 Å². The van der Waals surface area contributed by atoms with E-state index in [0.29, 0.717) is 23.6 Å². The van der Waals surface area contributed by atoms with Crippen LogP contribution in [0.15, 0.2) is 29.1 Å². The molecule has 1 saturated carbocycles. The molecule has 2 saturated heterocycles. The van der Waals surface area contributed by atoms with Gasteiger partial charge in [-0.05, 0) is 82.3 Å². The van der Waals surface area contributed by atoms with Gasteiger partial charge in [-0.2, -0.15) is 0 Å². The van der Waals surface area contributed by atoms with E-state index in [-0.39, 0.29) is 23.9 Å². The summed E-state index contributed by atoms with van der Waals surface area (Å²) in [6, 6.07) is 9.53. The predicted molar refractivity (Wildman–Crippen MR) is 129 cm³/mol. The van der Waals surface area contributed by atoms with Gasteiger partial charge in [0, 0.05) is 24.2 Å². The van der Waals surface area contributed by atoms with E-state index in [0.717, 1.165) is 30.2 Å². The Bertz CT molecular complexity index is 1060. The number of fused-ring (bicyclic) bond motifs is 3. The second-order valence-corrected chi connectivity index (χ2v) is 10.6. The topological polar surface area (TPSA) is 64.4 Å². The summed E-state index contributed by atoms with van der Waals surface area (Å²) in [5.74, 6) is 1.04. The van der Waals surface area contributed by atoms with Crippen LogP contribution in [0.3, 0.4) is 0 Å². The minimum atomic E-state index is -0.621. The van der Waals surface area contributed by atoms with E-state index in [1.54, 1.807) is 6.92 Å². The number of esters is 1. The first-order valence-corrected chi connectivity index (χ1v) is 12.9. The molecule has 2 aromatic rings. The molecule has 1 aromatic carbocycles. The summed E-state index contributed by atoms with van der Waals surface area (Å²) in [6.45, 7) is 6.71. The van der Waals surface area contributed by atoms with Gasteiger partial charge < -0.3 is 9.30 Å². The zero-order chi connectivity index (χ0) is 23.1. The van der Waals surface area contributed by atoms with Gasteiger partial charge in [0.1, 0.15) is 0 Å². The molecule has 0 radical (unpaired) electrons. The summed E-state index contributed by atoms with van der Waals surface area (Å²) < 4.78 is 7.02. The Hall–Kier alpha value is -2.21. The third-order valence-corrected chi connectivity index (χ3v) is 8.50. The molecule has 178 valence electrons. The number of carbonyl (C=O) groups excluding carboxylic acids is 1. The highest BCUT2D eigenvalue weighted by Gasteiger charge is 2.45. The van der Waals surface area contributed by atoms with Crippen molar-refractivity contribution in [2.45, 2.75) is 96.3 Å². The SMILES string of the molecule is CCOC(=O)c1nc2ccccc2n([C@H]2C[C@H]3CC[C@@H](C2)N3[C@H]2CC[C@@H](C(C)C)CC2)c1=O. The first-order valence-electron chi connectivity index (χ1n) is 12.9. The van der Waals surface area contributed by atoms with Crippen molar-refractivity contribution in [2.24, 2.45) is 11.8 Å². The lowest BCUT2D eigenvalue weighted by molar-refractivity contribution is 0.0330. The molecule has 1 aromatic heterocycles. The molecule has 0 unspecified atom stereocenters. The lowest BCUT2D eigenvalue weighted by Crippen LogP contribution is -2.51. The van der Waals surface area contributed by atoms with Gasteiger partial charge in [0.2, 0.25) is 5.69 Å². The number of carbonyl (C=O) groups is 1. The highest BCUT2D eigenvalue weighted by Crippen LogP contribution is 2.45. The Morgan fingerprint density at radius 2 is 1.64 bits per heavy atom. The fourth-order valence-electron chi connectivity index (χ4n) is 6.91. The Labute approximate surface area is 196 Å². The van der Waals surface area contributed by atoms with E-state index in [2.05, 4.69) is 23.7 Å². The van der Waals surface area contributed by atoms with Gasteiger partial charge in [-0.15, -0.1) is 0 Å². The largest absolute Gasteiger partial charge is 0.461 e. The van der Waals surface area contributed by atoms with Crippen LogP contribution in [0.2, 0.25) is 0 Å². The molecule has 0 N–H and O–H groups in total. The summed E-state index contributed by atoms with van der Waals surface area (Å²) in [5.41, 5.74) is 1.12. The third-order valence-electron chi connectivity index (χ3n) is 8.50.